The summed E-state index contributed by atoms with van der Waals surface area (Å²) in [6.45, 7) is 1.70. The van der Waals surface area contributed by atoms with E-state index in [4.69, 9.17) is 16.3 Å². The molecule has 114 valence electrons. The highest BCUT2D eigenvalue weighted by Crippen LogP contribution is 2.33. The van der Waals surface area contributed by atoms with E-state index >= 15 is 0 Å². The zero-order chi connectivity index (χ0) is 16.3. The van der Waals surface area contributed by atoms with Gasteiger partial charge in [-0.3, -0.25) is 4.79 Å². The van der Waals surface area contributed by atoms with Crippen molar-refractivity contribution in [2.75, 3.05) is 7.11 Å². The number of carbonyl (C=O) groups excluding carboxylic acids is 1. The molecular formula is C17H14BrClO3. The van der Waals surface area contributed by atoms with Gasteiger partial charge in [-0.25, -0.2) is 0 Å². The van der Waals surface area contributed by atoms with Crippen LogP contribution in [0.5, 0.6) is 11.5 Å². The Hall–Kier alpha value is -1.78. The molecule has 2 aromatic carbocycles. The number of ketones is 1. The van der Waals surface area contributed by atoms with Crippen LogP contribution in [0.2, 0.25) is 5.02 Å². The first kappa shape index (κ1) is 16.6. The van der Waals surface area contributed by atoms with Crippen LogP contribution in [0.3, 0.4) is 0 Å². The summed E-state index contributed by atoms with van der Waals surface area (Å²) in [4.78, 5) is 12.5. The van der Waals surface area contributed by atoms with Crippen molar-refractivity contribution in [1.82, 2.24) is 0 Å². The molecule has 0 saturated heterocycles. The van der Waals surface area contributed by atoms with Gasteiger partial charge in [-0.1, -0.05) is 23.7 Å². The quantitative estimate of drug-likeness (QED) is 0.592. The highest BCUT2D eigenvalue weighted by atomic mass is 79.9. The van der Waals surface area contributed by atoms with Gasteiger partial charge in [0.15, 0.2) is 5.78 Å². The molecule has 0 saturated carbocycles. The second-order valence-electron chi connectivity index (χ2n) is 4.71. The molecule has 0 bridgehead atoms. The van der Waals surface area contributed by atoms with Gasteiger partial charge in [0, 0.05) is 5.02 Å². The van der Waals surface area contributed by atoms with Crippen molar-refractivity contribution < 1.29 is 14.6 Å². The number of hydrogen-bond acceptors (Lipinski definition) is 3. The number of rotatable bonds is 4. The van der Waals surface area contributed by atoms with Crippen LogP contribution in [0.1, 0.15) is 22.8 Å². The SMILES string of the molecule is COc1ccc(C=C(C)C(=O)c2cc(Cl)cc(Br)c2O)cc1. The molecule has 0 aliphatic heterocycles. The van der Waals surface area contributed by atoms with Crippen molar-refractivity contribution in [2.45, 2.75) is 6.92 Å². The zero-order valence-electron chi connectivity index (χ0n) is 12.1. The Kier molecular flexibility index (Phi) is 5.27. The number of methoxy groups -OCH3 is 1. The van der Waals surface area contributed by atoms with E-state index < -0.39 is 0 Å². The number of hydrogen-bond donors (Lipinski definition) is 1. The third kappa shape index (κ3) is 3.70. The molecule has 1 N–H and O–H groups in total. The molecule has 0 radical (unpaired) electrons. The van der Waals surface area contributed by atoms with Gasteiger partial charge in [0.1, 0.15) is 11.5 Å². The number of allylic oxidation sites excluding steroid dienone is 1. The van der Waals surface area contributed by atoms with Crippen molar-refractivity contribution in [1.29, 1.82) is 0 Å². The van der Waals surface area contributed by atoms with Gasteiger partial charge in [-0.05, 0) is 64.3 Å². The summed E-state index contributed by atoms with van der Waals surface area (Å²) < 4.78 is 5.48. The summed E-state index contributed by atoms with van der Waals surface area (Å²) in [7, 11) is 1.60. The minimum Gasteiger partial charge on any atom is -0.506 e. The standard InChI is InChI=1S/C17H14BrClO3/c1-10(7-11-3-5-13(22-2)6-4-11)16(20)14-8-12(19)9-15(18)17(14)21/h3-9,21H,1-2H3. The summed E-state index contributed by atoms with van der Waals surface area (Å²) in [5.41, 5.74) is 1.53. The third-order valence-electron chi connectivity index (χ3n) is 3.13. The van der Waals surface area contributed by atoms with E-state index in [-0.39, 0.29) is 17.1 Å². The second-order valence-corrected chi connectivity index (χ2v) is 6.00. The number of phenolic OH excluding ortho intramolecular Hbond substituents is 1. The highest BCUT2D eigenvalue weighted by molar-refractivity contribution is 9.10. The van der Waals surface area contributed by atoms with Crippen LogP contribution in [0, 0.1) is 0 Å². The van der Waals surface area contributed by atoms with Gasteiger partial charge in [0.2, 0.25) is 0 Å². The molecule has 0 spiro atoms. The van der Waals surface area contributed by atoms with E-state index in [0.29, 0.717) is 15.1 Å². The minimum absolute atomic E-state index is 0.114. The fourth-order valence-electron chi connectivity index (χ4n) is 1.97. The van der Waals surface area contributed by atoms with Crippen molar-refractivity contribution in [3.8, 4) is 11.5 Å². The average molecular weight is 382 g/mol. The van der Waals surface area contributed by atoms with Crippen LogP contribution < -0.4 is 4.74 Å². The molecule has 2 rings (SSSR count). The van der Waals surface area contributed by atoms with Gasteiger partial charge in [0.05, 0.1) is 17.1 Å². The van der Waals surface area contributed by atoms with E-state index in [1.165, 1.54) is 12.1 Å². The number of halogens is 2. The Labute approximate surface area is 142 Å². The Morgan fingerprint density at radius 2 is 1.91 bits per heavy atom. The largest absolute Gasteiger partial charge is 0.506 e. The van der Waals surface area contributed by atoms with Crippen LogP contribution in [0.25, 0.3) is 6.08 Å². The number of benzene rings is 2. The lowest BCUT2D eigenvalue weighted by Crippen LogP contribution is -2.01. The first-order valence-electron chi connectivity index (χ1n) is 6.47. The van der Waals surface area contributed by atoms with Crippen LogP contribution in [-0.4, -0.2) is 18.0 Å². The molecule has 22 heavy (non-hydrogen) atoms. The van der Waals surface area contributed by atoms with Gasteiger partial charge in [-0.15, -0.1) is 0 Å². The predicted molar refractivity (Wildman–Crippen MR) is 91.8 cm³/mol. The monoisotopic (exact) mass is 380 g/mol. The fourth-order valence-corrected chi connectivity index (χ4v) is 2.78. The molecule has 0 amide bonds. The van der Waals surface area contributed by atoms with Crippen molar-refractivity contribution >= 4 is 39.4 Å². The lowest BCUT2D eigenvalue weighted by atomic mass is 10.0. The highest BCUT2D eigenvalue weighted by Gasteiger charge is 2.16. The number of aromatic hydroxyl groups is 1. The van der Waals surface area contributed by atoms with Crippen LogP contribution >= 0.6 is 27.5 Å². The topological polar surface area (TPSA) is 46.5 Å². The van der Waals surface area contributed by atoms with Crippen LogP contribution in [0.4, 0.5) is 0 Å². The maximum absolute atomic E-state index is 12.5. The Bertz CT molecular complexity index is 736. The van der Waals surface area contributed by atoms with E-state index in [1.54, 1.807) is 20.1 Å². The summed E-state index contributed by atoms with van der Waals surface area (Å²) in [5, 5.41) is 10.4. The molecule has 2 aromatic rings. The van der Waals surface area contributed by atoms with Crippen molar-refractivity contribution in [2.24, 2.45) is 0 Å². The summed E-state index contributed by atoms with van der Waals surface area (Å²) in [5.74, 6) is 0.353. The third-order valence-corrected chi connectivity index (χ3v) is 3.95. The fraction of sp³-hybridized carbons (Fsp3) is 0.118. The molecule has 5 heteroatoms. The molecule has 0 unspecified atom stereocenters. The molecular weight excluding hydrogens is 368 g/mol. The maximum Gasteiger partial charge on any atom is 0.192 e. The molecule has 3 nitrogen and oxygen atoms in total. The van der Waals surface area contributed by atoms with Crippen molar-refractivity contribution in [3.63, 3.8) is 0 Å². The van der Waals surface area contributed by atoms with E-state index in [2.05, 4.69) is 15.9 Å². The minimum atomic E-state index is -0.281. The summed E-state index contributed by atoms with van der Waals surface area (Å²) >= 11 is 9.11. The molecule has 0 aliphatic carbocycles. The molecule has 0 fully saturated rings. The number of Topliss-reactive ketones (excluding diaryl/α,β-unsaturated/α-hetero) is 1. The smallest absolute Gasteiger partial charge is 0.192 e. The molecule has 0 aromatic heterocycles. The van der Waals surface area contributed by atoms with Gasteiger partial charge >= 0.3 is 0 Å². The molecule has 0 heterocycles. The first-order valence-corrected chi connectivity index (χ1v) is 7.64. The lowest BCUT2D eigenvalue weighted by Gasteiger charge is -2.07. The Balaban J connectivity index is 2.34. The maximum atomic E-state index is 12.5. The normalized spacial score (nSPS) is 11.4. The molecule has 0 aliphatic rings. The van der Waals surface area contributed by atoms with Gasteiger partial charge in [0.25, 0.3) is 0 Å². The number of carbonyl (C=O) groups is 1. The average Bonchev–Trinajstić information content (AvgIpc) is 2.50. The number of phenols is 1. The Morgan fingerprint density at radius 3 is 2.50 bits per heavy atom. The number of ether oxygens (including phenoxy) is 1. The predicted octanol–water partition coefficient (Wildman–Crippen LogP) is 5.10. The van der Waals surface area contributed by atoms with E-state index in [0.717, 1.165) is 11.3 Å². The van der Waals surface area contributed by atoms with Crippen molar-refractivity contribution in [3.05, 3.63) is 62.6 Å². The Morgan fingerprint density at radius 1 is 1.27 bits per heavy atom. The summed E-state index contributed by atoms with van der Waals surface area (Å²) in [6, 6.07) is 10.3. The van der Waals surface area contributed by atoms with Crippen LogP contribution in [0.15, 0.2) is 46.4 Å². The van der Waals surface area contributed by atoms with Gasteiger partial charge in [-0.2, -0.15) is 0 Å². The van der Waals surface area contributed by atoms with Crippen LogP contribution in [-0.2, 0) is 0 Å². The zero-order valence-corrected chi connectivity index (χ0v) is 14.4. The first-order chi connectivity index (χ1) is 10.4. The second kappa shape index (κ2) is 6.99. The lowest BCUT2D eigenvalue weighted by molar-refractivity contribution is 0.103. The molecule has 0 atom stereocenters. The van der Waals surface area contributed by atoms with Gasteiger partial charge < -0.3 is 9.84 Å². The van der Waals surface area contributed by atoms with E-state index in [1.807, 2.05) is 24.3 Å². The van der Waals surface area contributed by atoms with E-state index in [9.17, 15) is 9.90 Å². The summed E-state index contributed by atoms with van der Waals surface area (Å²) in [6.07, 6.45) is 1.75.